The largest absolute Gasteiger partial charge is 0.497 e. The van der Waals surface area contributed by atoms with E-state index >= 15 is 0 Å². The third kappa shape index (κ3) is 3.23. The Morgan fingerprint density at radius 3 is 2.57 bits per heavy atom. The lowest BCUT2D eigenvalue weighted by Crippen LogP contribution is -1.90. The first-order chi connectivity index (χ1) is 10.1. The average molecular weight is 300 g/mol. The Morgan fingerprint density at radius 2 is 2.05 bits per heavy atom. The van der Waals surface area contributed by atoms with Crippen LogP contribution < -0.4 is 9.47 Å². The lowest BCUT2D eigenvalue weighted by atomic mass is 10.1. The molecule has 0 N–H and O–H groups in total. The molecule has 0 bridgehead atoms. The predicted octanol–water partition coefficient (Wildman–Crippen LogP) is 3.84. The minimum absolute atomic E-state index is 0.516. The molecule has 0 saturated heterocycles. The van der Waals surface area contributed by atoms with Crippen molar-refractivity contribution in [3.05, 3.63) is 39.3 Å². The van der Waals surface area contributed by atoms with Gasteiger partial charge in [0.1, 0.15) is 22.6 Å². The van der Waals surface area contributed by atoms with Gasteiger partial charge in [-0.05, 0) is 38.1 Å². The average Bonchev–Trinajstić information content (AvgIpc) is 2.83. The van der Waals surface area contributed by atoms with Gasteiger partial charge in [-0.25, -0.2) is 4.98 Å². The molecule has 0 amide bonds. The molecule has 108 valence electrons. The summed E-state index contributed by atoms with van der Waals surface area (Å²) in [6, 6.07) is 7.68. The number of nitrogens with zero attached hydrogens (tertiary/aromatic N) is 2. The number of aromatic nitrogens is 1. The minimum atomic E-state index is 0.516. The predicted molar refractivity (Wildman–Crippen MR) is 84.6 cm³/mol. The van der Waals surface area contributed by atoms with Gasteiger partial charge < -0.3 is 9.47 Å². The molecular formula is C16H16N2O2S. The zero-order valence-electron chi connectivity index (χ0n) is 12.4. The Labute approximate surface area is 128 Å². The number of ether oxygens (including phenoxy) is 2. The monoisotopic (exact) mass is 300 g/mol. The smallest absolute Gasteiger partial charge is 0.134 e. The summed E-state index contributed by atoms with van der Waals surface area (Å²) in [4.78, 5) is 5.55. The van der Waals surface area contributed by atoms with Crippen LogP contribution in [0.15, 0.2) is 18.2 Å². The van der Waals surface area contributed by atoms with Crippen LogP contribution in [0, 0.1) is 25.2 Å². The van der Waals surface area contributed by atoms with Crippen LogP contribution in [0.5, 0.6) is 11.5 Å². The van der Waals surface area contributed by atoms with Gasteiger partial charge in [-0.3, -0.25) is 0 Å². The van der Waals surface area contributed by atoms with Crippen molar-refractivity contribution in [2.45, 2.75) is 13.8 Å². The van der Waals surface area contributed by atoms with Crippen LogP contribution >= 0.6 is 11.3 Å². The van der Waals surface area contributed by atoms with Gasteiger partial charge in [-0.1, -0.05) is 0 Å². The van der Waals surface area contributed by atoms with E-state index in [9.17, 15) is 5.26 Å². The summed E-state index contributed by atoms with van der Waals surface area (Å²) < 4.78 is 10.5. The Hall–Kier alpha value is -2.32. The highest BCUT2D eigenvalue weighted by molar-refractivity contribution is 7.12. The van der Waals surface area contributed by atoms with Crippen LogP contribution in [0.3, 0.4) is 0 Å². The maximum atomic E-state index is 9.41. The molecule has 0 saturated carbocycles. The molecule has 4 nitrogen and oxygen atoms in total. The van der Waals surface area contributed by atoms with Crippen molar-refractivity contribution in [1.29, 1.82) is 5.26 Å². The molecule has 0 aliphatic rings. The van der Waals surface area contributed by atoms with Crippen LogP contribution in [-0.4, -0.2) is 19.2 Å². The van der Waals surface area contributed by atoms with Crippen molar-refractivity contribution in [1.82, 2.24) is 4.98 Å². The van der Waals surface area contributed by atoms with Gasteiger partial charge in [0, 0.05) is 10.4 Å². The topological polar surface area (TPSA) is 55.1 Å². The van der Waals surface area contributed by atoms with E-state index in [-0.39, 0.29) is 0 Å². The van der Waals surface area contributed by atoms with Crippen LogP contribution in [-0.2, 0) is 0 Å². The van der Waals surface area contributed by atoms with Crippen molar-refractivity contribution in [2.75, 3.05) is 14.2 Å². The van der Waals surface area contributed by atoms with Crippen LogP contribution in [0.1, 0.15) is 21.1 Å². The molecule has 1 aromatic carbocycles. The SMILES string of the molecule is COc1ccc(OC)c(/C=C(\C#N)c2nc(C)c(C)s2)c1. The van der Waals surface area contributed by atoms with E-state index in [2.05, 4.69) is 11.1 Å². The number of rotatable bonds is 4. The molecule has 0 fully saturated rings. The zero-order chi connectivity index (χ0) is 15.4. The Morgan fingerprint density at radius 1 is 1.29 bits per heavy atom. The van der Waals surface area contributed by atoms with E-state index in [4.69, 9.17) is 9.47 Å². The molecule has 0 unspecified atom stereocenters. The molecule has 1 aromatic heterocycles. The van der Waals surface area contributed by atoms with Crippen molar-refractivity contribution in [2.24, 2.45) is 0 Å². The first-order valence-electron chi connectivity index (χ1n) is 6.37. The third-order valence-electron chi connectivity index (χ3n) is 3.12. The second-order valence-corrected chi connectivity index (χ2v) is 5.64. The zero-order valence-corrected chi connectivity index (χ0v) is 13.2. The van der Waals surface area contributed by atoms with Gasteiger partial charge in [-0.2, -0.15) is 5.26 Å². The van der Waals surface area contributed by atoms with E-state index in [0.29, 0.717) is 17.1 Å². The number of allylic oxidation sites excluding steroid dienone is 1. The lowest BCUT2D eigenvalue weighted by molar-refractivity contribution is 0.402. The summed E-state index contributed by atoms with van der Waals surface area (Å²) >= 11 is 1.52. The summed E-state index contributed by atoms with van der Waals surface area (Å²) in [5, 5.41) is 10.1. The fourth-order valence-corrected chi connectivity index (χ4v) is 2.72. The van der Waals surface area contributed by atoms with Gasteiger partial charge >= 0.3 is 0 Å². The molecule has 0 aliphatic carbocycles. The molecule has 2 aromatic rings. The van der Waals surface area contributed by atoms with Crippen molar-refractivity contribution < 1.29 is 9.47 Å². The van der Waals surface area contributed by atoms with E-state index in [1.807, 2.05) is 32.0 Å². The van der Waals surface area contributed by atoms with Crippen LogP contribution in [0.2, 0.25) is 0 Å². The number of hydrogen-bond donors (Lipinski definition) is 0. The highest BCUT2D eigenvalue weighted by atomic mass is 32.1. The quantitative estimate of drug-likeness (QED) is 0.805. The molecule has 0 radical (unpaired) electrons. The van der Waals surface area contributed by atoms with Crippen LogP contribution in [0.25, 0.3) is 11.6 Å². The second-order valence-electron chi connectivity index (χ2n) is 4.44. The number of benzene rings is 1. The number of hydrogen-bond acceptors (Lipinski definition) is 5. The molecule has 0 aliphatic heterocycles. The number of thiazole rings is 1. The maximum Gasteiger partial charge on any atom is 0.134 e. The summed E-state index contributed by atoms with van der Waals surface area (Å²) in [5.74, 6) is 1.40. The minimum Gasteiger partial charge on any atom is -0.497 e. The number of nitriles is 1. The number of methoxy groups -OCH3 is 2. The first kappa shape index (κ1) is 15.1. The summed E-state index contributed by atoms with van der Waals surface area (Å²) in [6.07, 6.45) is 1.78. The van der Waals surface area contributed by atoms with Gasteiger partial charge in [0.05, 0.1) is 25.5 Å². The summed E-state index contributed by atoms with van der Waals surface area (Å²) in [6.45, 7) is 3.94. The third-order valence-corrected chi connectivity index (χ3v) is 4.22. The van der Waals surface area contributed by atoms with E-state index in [1.165, 1.54) is 11.3 Å². The van der Waals surface area contributed by atoms with Gasteiger partial charge in [0.15, 0.2) is 0 Å². The molecule has 5 heteroatoms. The molecule has 0 spiro atoms. The first-order valence-corrected chi connectivity index (χ1v) is 7.19. The van der Waals surface area contributed by atoms with E-state index in [0.717, 1.165) is 21.1 Å². The van der Waals surface area contributed by atoms with Crippen molar-refractivity contribution >= 4 is 23.0 Å². The summed E-state index contributed by atoms with van der Waals surface area (Å²) in [5.41, 5.74) is 2.26. The Balaban J connectivity index is 2.51. The van der Waals surface area contributed by atoms with E-state index < -0.39 is 0 Å². The fraction of sp³-hybridized carbons (Fsp3) is 0.250. The molecule has 1 heterocycles. The van der Waals surface area contributed by atoms with Crippen LogP contribution in [0.4, 0.5) is 0 Å². The lowest BCUT2D eigenvalue weighted by Gasteiger charge is -2.07. The fourth-order valence-electron chi connectivity index (χ4n) is 1.84. The van der Waals surface area contributed by atoms with Crippen molar-refractivity contribution in [3.63, 3.8) is 0 Å². The highest BCUT2D eigenvalue weighted by Gasteiger charge is 2.11. The second kappa shape index (κ2) is 6.42. The maximum absolute atomic E-state index is 9.41. The van der Waals surface area contributed by atoms with Gasteiger partial charge in [0.2, 0.25) is 0 Å². The van der Waals surface area contributed by atoms with E-state index in [1.54, 1.807) is 20.3 Å². The van der Waals surface area contributed by atoms with Gasteiger partial charge in [-0.15, -0.1) is 11.3 Å². The molecular weight excluding hydrogens is 284 g/mol. The highest BCUT2D eigenvalue weighted by Crippen LogP contribution is 2.30. The normalized spacial score (nSPS) is 11.1. The Bertz CT molecular complexity index is 707. The molecule has 2 rings (SSSR count). The molecule has 21 heavy (non-hydrogen) atoms. The van der Waals surface area contributed by atoms with Gasteiger partial charge in [0.25, 0.3) is 0 Å². The van der Waals surface area contributed by atoms with Crippen molar-refractivity contribution in [3.8, 4) is 17.6 Å². The molecule has 0 atom stereocenters. The summed E-state index contributed by atoms with van der Waals surface area (Å²) in [7, 11) is 3.21. The standard InChI is InChI=1S/C16H16N2O2S/c1-10-11(2)21-16(18-10)13(9-17)7-12-8-14(19-3)5-6-15(12)20-4/h5-8H,1-4H3/b13-7+. The Kier molecular flexibility index (Phi) is 4.61. The number of aryl methyl sites for hydroxylation is 2.